The van der Waals surface area contributed by atoms with E-state index < -0.39 is 0 Å². The SMILES string of the molecule is CCCN(C(=O)c1cc(F)cc(Br)c1)C1CCNCC1. The van der Waals surface area contributed by atoms with Crippen molar-refractivity contribution in [3.63, 3.8) is 0 Å². The lowest BCUT2D eigenvalue weighted by Crippen LogP contribution is -2.46. The Morgan fingerprint density at radius 1 is 1.40 bits per heavy atom. The maximum absolute atomic E-state index is 13.5. The normalized spacial score (nSPS) is 16.1. The molecule has 0 aliphatic carbocycles. The lowest BCUT2D eigenvalue weighted by molar-refractivity contribution is 0.0642. The van der Waals surface area contributed by atoms with Crippen LogP contribution in [0.15, 0.2) is 22.7 Å². The molecule has 1 amide bonds. The first-order valence-corrected chi connectivity index (χ1v) is 7.89. The van der Waals surface area contributed by atoms with Crippen molar-refractivity contribution >= 4 is 21.8 Å². The lowest BCUT2D eigenvalue weighted by Gasteiger charge is -2.34. The van der Waals surface area contributed by atoms with Gasteiger partial charge in [0.15, 0.2) is 0 Å². The van der Waals surface area contributed by atoms with Crippen molar-refractivity contribution in [3.8, 4) is 0 Å². The second-order valence-electron chi connectivity index (χ2n) is 5.14. The van der Waals surface area contributed by atoms with Crippen molar-refractivity contribution < 1.29 is 9.18 Å². The number of rotatable bonds is 4. The van der Waals surface area contributed by atoms with Gasteiger partial charge in [0, 0.05) is 22.6 Å². The smallest absolute Gasteiger partial charge is 0.254 e. The maximum Gasteiger partial charge on any atom is 0.254 e. The van der Waals surface area contributed by atoms with E-state index in [2.05, 4.69) is 28.2 Å². The summed E-state index contributed by atoms with van der Waals surface area (Å²) in [6.07, 6.45) is 2.83. The van der Waals surface area contributed by atoms with Crippen LogP contribution in [0.3, 0.4) is 0 Å². The van der Waals surface area contributed by atoms with Crippen molar-refractivity contribution in [1.82, 2.24) is 10.2 Å². The summed E-state index contributed by atoms with van der Waals surface area (Å²) in [6.45, 7) is 4.65. The third kappa shape index (κ3) is 3.79. The molecule has 0 saturated carbocycles. The Morgan fingerprint density at radius 3 is 2.70 bits per heavy atom. The van der Waals surface area contributed by atoms with E-state index in [0.29, 0.717) is 10.0 Å². The molecular weight excluding hydrogens is 323 g/mol. The summed E-state index contributed by atoms with van der Waals surface area (Å²) in [5.41, 5.74) is 0.420. The first-order valence-electron chi connectivity index (χ1n) is 7.09. The Hall–Kier alpha value is -0.940. The Kier molecular flexibility index (Phi) is 5.54. The molecule has 0 atom stereocenters. The molecule has 1 saturated heterocycles. The summed E-state index contributed by atoms with van der Waals surface area (Å²) in [5.74, 6) is -0.455. The van der Waals surface area contributed by atoms with Gasteiger partial charge in [-0.1, -0.05) is 22.9 Å². The van der Waals surface area contributed by atoms with E-state index in [1.54, 1.807) is 6.07 Å². The minimum absolute atomic E-state index is 0.0704. The molecule has 110 valence electrons. The molecule has 1 aliphatic heterocycles. The van der Waals surface area contributed by atoms with E-state index >= 15 is 0 Å². The highest BCUT2D eigenvalue weighted by atomic mass is 79.9. The topological polar surface area (TPSA) is 32.3 Å². The molecule has 2 rings (SSSR count). The first-order chi connectivity index (χ1) is 9.61. The zero-order chi connectivity index (χ0) is 14.5. The minimum Gasteiger partial charge on any atom is -0.336 e. The summed E-state index contributed by atoms with van der Waals surface area (Å²) in [4.78, 5) is 14.6. The number of amides is 1. The van der Waals surface area contributed by atoms with Crippen molar-refractivity contribution in [2.75, 3.05) is 19.6 Å². The number of hydrogen-bond donors (Lipinski definition) is 1. The Labute approximate surface area is 127 Å². The van der Waals surface area contributed by atoms with Gasteiger partial charge in [0.05, 0.1) is 0 Å². The summed E-state index contributed by atoms with van der Waals surface area (Å²) >= 11 is 3.24. The van der Waals surface area contributed by atoms with Crippen LogP contribution in [0.1, 0.15) is 36.5 Å². The largest absolute Gasteiger partial charge is 0.336 e. The van der Waals surface area contributed by atoms with Gasteiger partial charge in [-0.3, -0.25) is 4.79 Å². The Balaban J connectivity index is 2.20. The van der Waals surface area contributed by atoms with Crippen LogP contribution in [0.25, 0.3) is 0 Å². The molecule has 1 aromatic rings. The number of nitrogens with one attached hydrogen (secondary N) is 1. The summed E-state index contributed by atoms with van der Waals surface area (Å²) in [6, 6.07) is 4.63. The molecule has 1 fully saturated rings. The van der Waals surface area contributed by atoms with Gasteiger partial charge >= 0.3 is 0 Å². The molecule has 0 spiro atoms. The van der Waals surface area contributed by atoms with Gasteiger partial charge in [-0.25, -0.2) is 4.39 Å². The van der Waals surface area contributed by atoms with Crippen LogP contribution in [-0.2, 0) is 0 Å². The zero-order valence-corrected chi connectivity index (χ0v) is 13.2. The highest BCUT2D eigenvalue weighted by Crippen LogP contribution is 2.20. The standard InChI is InChI=1S/C15H20BrFN2O/c1-2-7-19(14-3-5-18-6-4-14)15(20)11-8-12(16)10-13(17)9-11/h8-10,14,18H,2-7H2,1H3. The molecular formula is C15H20BrFN2O. The molecule has 1 aromatic carbocycles. The van der Waals surface area contributed by atoms with E-state index in [-0.39, 0.29) is 17.8 Å². The van der Waals surface area contributed by atoms with Crippen molar-refractivity contribution in [3.05, 3.63) is 34.1 Å². The highest BCUT2D eigenvalue weighted by Gasteiger charge is 2.25. The molecule has 20 heavy (non-hydrogen) atoms. The zero-order valence-electron chi connectivity index (χ0n) is 11.7. The van der Waals surface area contributed by atoms with Gasteiger partial charge in [-0.2, -0.15) is 0 Å². The fourth-order valence-electron chi connectivity index (χ4n) is 2.65. The van der Waals surface area contributed by atoms with Crippen LogP contribution >= 0.6 is 15.9 Å². The van der Waals surface area contributed by atoms with E-state index in [9.17, 15) is 9.18 Å². The molecule has 1 heterocycles. The van der Waals surface area contributed by atoms with Crippen LogP contribution in [0, 0.1) is 5.82 Å². The molecule has 3 nitrogen and oxygen atoms in total. The monoisotopic (exact) mass is 342 g/mol. The van der Waals surface area contributed by atoms with Crippen LogP contribution in [0.4, 0.5) is 4.39 Å². The molecule has 5 heteroatoms. The van der Waals surface area contributed by atoms with Crippen molar-refractivity contribution in [1.29, 1.82) is 0 Å². The predicted octanol–water partition coefficient (Wildman–Crippen LogP) is 3.19. The lowest BCUT2D eigenvalue weighted by atomic mass is 10.0. The molecule has 0 aromatic heterocycles. The predicted molar refractivity (Wildman–Crippen MR) is 81.3 cm³/mol. The molecule has 0 radical (unpaired) electrons. The third-order valence-corrected chi connectivity index (χ3v) is 4.04. The summed E-state index contributed by atoms with van der Waals surface area (Å²) < 4.78 is 14.1. The number of nitrogens with zero attached hydrogens (tertiary/aromatic N) is 1. The Bertz CT molecular complexity index is 455. The number of hydrogen-bond acceptors (Lipinski definition) is 2. The average Bonchev–Trinajstić information content (AvgIpc) is 2.44. The highest BCUT2D eigenvalue weighted by molar-refractivity contribution is 9.10. The van der Waals surface area contributed by atoms with E-state index in [1.165, 1.54) is 12.1 Å². The molecule has 1 N–H and O–H groups in total. The van der Waals surface area contributed by atoms with Gasteiger partial charge < -0.3 is 10.2 Å². The fourth-order valence-corrected chi connectivity index (χ4v) is 3.12. The van der Waals surface area contributed by atoms with Gasteiger partial charge in [0.1, 0.15) is 5.82 Å². The van der Waals surface area contributed by atoms with E-state index in [1.807, 2.05) is 4.90 Å². The number of piperidine rings is 1. The molecule has 0 unspecified atom stereocenters. The summed E-state index contributed by atoms with van der Waals surface area (Å²) in [5, 5.41) is 3.30. The summed E-state index contributed by atoms with van der Waals surface area (Å²) in [7, 11) is 0. The van der Waals surface area contributed by atoms with Crippen molar-refractivity contribution in [2.45, 2.75) is 32.2 Å². The maximum atomic E-state index is 13.5. The van der Waals surface area contributed by atoms with Crippen LogP contribution in [0.2, 0.25) is 0 Å². The van der Waals surface area contributed by atoms with Gasteiger partial charge in [0.2, 0.25) is 0 Å². The Morgan fingerprint density at radius 2 is 2.10 bits per heavy atom. The number of benzene rings is 1. The van der Waals surface area contributed by atoms with E-state index in [4.69, 9.17) is 0 Å². The first kappa shape index (κ1) is 15.4. The van der Waals surface area contributed by atoms with Gasteiger partial charge in [-0.05, 0) is 50.6 Å². The number of carbonyl (C=O) groups is 1. The van der Waals surface area contributed by atoms with E-state index in [0.717, 1.165) is 38.9 Å². The molecule has 1 aliphatic rings. The quantitative estimate of drug-likeness (QED) is 0.911. The van der Waals surface area contributed by atoms with Crippen molar-refractivity contribution in [2.24, 2.45) is 0 Å². The van der Waals surface area contributed by atoms with Gasteiger partial charge in [-0.15, -0.1) is 0 Å². The second-order valence-corrected chi connectivity index (χ2v) is 6.05. The van der Waals surface area contributed by atoms with Crippen LogP contribution in [-0.4, -0.2) is 36.5 Å². The van der Waals surface area contributed by atoms with Crippen LogP contribution < -0.4 is 5.32 Å². The number of halogens is 2. The second kappa shape index (κ2) is 7.18. The number of carbonyl (C=O) groups excluding carboxylic acids is 1. The van der Waals surface area contributed by atoms with Gasteiger partial charge in [0.25, 0.3) is 5.91 Å². The fraction of sp³-hybridized carbons (Fsp3) is 0.533. The molecule has 0 bridgehead atoms. The average molecular weight is 343 g/mol. The van der Waals surface area contributed by atoms with Crippen LogP contribution in [0.5, 0.6) is 0 Å². The minimum atomic E-state index is -0.385. The third-order valence-electron chi connectivity index (χ3n) is 3.58.